The maximum atomic E-state index is 11.8. The van der Waals surface area contributed by atoms with Crippen LogP contribution in [0.15, 0.2) is 0 Å². The van der Waals surface area contributed by atoms with E-state index in [2.05, 4.69) is 4.72 Å². The lowest BCUT2D eigenvalue weighted by Gasteiger charge is -2.34. The monoisotopic (exact) mass is 248 g/mol. The largest absolute Gasteiger partial charge is 0.330 e. The van der Waals surface area contributed by atoms with Crippen molar-refractivity contribution in [3.8, 4) is 0 Å². The predicted molar refractivity (Wildman–Crippen MR) is 66.7 cm³/mol. The van der Waals surface area contributed by atoms with Crippen LogP contribution in [0.3, 0.4) is 0 Å². The van der Waals surface area contributed by atoms with Gasteiger partial charge < -0.3 is 5.73 Å². The molecular formula is C11H24N2O2S. The molecule has 96 valence electrons. The molecule has 0 aliphatic heterocycles. The Morgan fingerprint density at radius 2 is 1.81 bits per heavy atom. The van der Waals surface area contributed by atoms with E-state index in [0.717, 1.165) is 32.1 Å². The van der Waals surface area contributed by atoms with Gasteiger partial charge in [-0.25, -0.2) is 13.1 Å². The van der Waals surface area contributed by atoms with Crippen molar-refractivity contribution >= 4 is 10.0 Å². The molecule has 3 N–H and O–H groups in total. The molecule has 0 atom stereocenters. The van der Waals surface area contributed by atoms with Gasteiger partial charge in [0.15, 0.2) is 0 Å². The Balaban J connectivity index is 2.44. The molecule has 1 fully saturated rings. The van der Waals surface area contributed by atoms with E-state index in [1.54, 1.807) is 0 Å². The topological polar surface area (TPSA) is 72.2 Å². The van der Waals surface area contributed by atoms with Crippen LogP contribution in [0.1, 0.15) is 51.9 Å². The Bertz CT molecular complexity index is 295. The van der Waals surface area contributed by atoms with Crippen molar-refractivity contribution in [2.45, 2.75) is 57.4 Å². The van der Waals surface area contributed by atoms with E-state index in [4.69, 9.17) is 5.73 Å². The van der Waals surface area contributed by atoms with Gasteiger partial charge in [0.2, 0.25) is 10.0 Å². The lowest BCUT2D eigenvalue weighted by molar-refractivity contribution is 0.294. The van der Waals surface area contributed by atoms with Gasteiger partial charge in [0.05, 0.1) is 5.75 Å². The third kappa shape index (κ3) is 4.80. The lowest BCUT2D eigenvalue weighted by Crippen LogP contribution is -2.47. The van der Waals surface area contributed by atoms with E-state index in [1.807, 2.05) is 6.92 Å². The Hall–Kier alpha value is -0.130. The van der Waals surface area contributed by atoms with Crippen LogP contribution in [-0.2, 0) is 10.0 Å². The fourth-order valence-corrected chi connectivity index (χ4v) is 3.94. The number of nitrogens with one attached hydrogen (secondary N) is 1. The van der Waals surface area contributed by atoms with E-state index in [1.165, 1.54) is 6.42 Å². The van der Waals surface area contributed by atoms with Gasteiger partial charge in [0.1, 0.15) is 0 Å². The molecule has 0 aromatic rings. The highest BCUT2D eigenvalue weighted by molar-refractivity contribution is 7.89. The van der Waals surface area contributed by atoms with E-state index in [0.29, 0.717) is 13.0 Å². The molecule has 0 spiro atoms. The summed E-state index contributed by atoms with van der Waals surface area (Å²) in [7, 11) is -3.12. The minimum absolute atomic E-state index is 0.208. The van der Waals surface area contributed by atoms with E-state index < -0.39 is 10.0 Å². The zero-order chi connectivity index (χ0) is 12.1. The van der Waals surface area contributed by atoms with Crippen molar-refractivity contribution in [2.24, 2.45) is 5.73 Å². The van der Waals surface area contributed by atoms with E-state index in [9.17, 15) is 8.42 Å². The molecule has 1 aliphatic carbocycles. The normalized spacial score (nSPS) is 20.9. The van der Waals surface area contributed by atoms with E-state index in [-0.39, 0.29) is 11.3 Å². The molecule has 4 nitrogen and oxygen atoms in total. The van der Waals surface area contributed by atoms with Crippen molar-refractivity contribution in [1.29, 1.82) is 0 Å². The van der Waals surface area contributed by atoms with Gasteiger partial charge in [-0.05, 0) is 39.2 Å². The second kappa shape index (κ2) is 5.98. The number of hydrogen-bond donors (Lipinski definition) is 2. The number of hydrogen-bond acceptors (Lipinski definition) is 3. The van der Waals surface area contributed by atoms with Gasteiger partial charge in [-0.15, -0.1) is 0 Å². The third-order valence-corrected chi connectivity index (χ3v) is 4.86. The molecule has 0 aromatic heterocycles. The third-order valence-electron chi connectivity index (χ3n) is 3.23. The van der Waals surface area contributed by atoms with Crippen LogP contribution in [0.5, 0.6) is 0 Å². The van der Waals surface area contributed by atoms with Gasteiger partial charge in [-0.1, -0.05) is 19.3 Å². The first-order valence-corrected chi connectivity index (χ1v) is 7.84. The van der Waals surface area contributed by atoms with Crippen molar-refractivity contribution in [1.82, 2.24) is 4.72 Å². The van der Waals surface area contributed by atoms with Gasteiger partial charge in [-0.3, -0.25) is 0 Å². The molecule has 5 heteroatoms. The average molecular weight is 248 g/mol. The summed E-state index contributed by atoms with van der Waals surface area (Å²) >= 11 is 0. The van der Waals surface area contributed by atoms with Gasteiger partial charge in [0, 0.05) is 5.54 Å². The molecule has 0 bridgehead atoms. The molecule has 0 amide bonds. The van der Waals surface area contributed by atoms with E-state index >= 15 is 0 Å². The molecule has 0 radical (unpaired) electrons. The van der Waals surface area contributed by atoms with Crippen LogP contribution in [0.25, 0.3) is 0 Å². The molecule has 0 aromatic carbocycles. The highest BCUT2D eigenvalue weighted by Crippen LogP contribution is 2.28. The second-order valence-corrected chi connectivity index (χ2v) is 6.88. The van der Waals surface area contributed by atoms with Gasteiger partial charge >= 0.3 is 0 Å². The summed E-state index contributed by atoms with van der Waals surface area (Å²) < 4.78 is 26.5. The van der Waals surface area contributed by atoms with Crippen LogP contribution < -0.4 is 10.5 Å². The van der Waals surface area contributed by atoms with Crippen molar-refractivity contribution in [3.05, 3.63) is 0 Å². The summed E-state index contributed by atoms with van der Waals surface area (Å²) in [4.78, 5) is 0. The molecule has 16 heavy (non-hydrogen) atoms. The van der Waals surface area contributed by atoms with Gasteiger partial charge in [0.25, 0.3) is 0 Å². The summed E-state index contributed by atoms with van der Waals surface area (Å²) in [6.07, 6.45) is 6.83. The zero-order valence-corrected chi connectivity index (χ0v) is 11.0. The second-order valence-electron chi connectivity index (χ2n) is 5.04. The highest BCUT2D eigenvalue weighted by Gasteiger charge is 2.30. The lowest BCUT2D eigenvalue weighted by atomic mass is 9.84. The van der Waals surface area contributed by atoms with Crippen LogP contribution in [0, 0.1) is 0 Å². The first kappa shape index (κ1) is 13.9. The highest BCUT2D eigenvalue weighted by atomic mass is 32.2. The molecule has 1 aliphatic rings. The number of unbranched alkanes of at least 4 members (excludes halogenated alkanes) is 1. The maximum absolute atomic E-state index is 11.8. The SMILES string of the molecule is CC1(NS(=O)(=O)CCCCN)CCCCC1. The van der Waals surface area contributed by atoms with Crippen LogP contribution in [0.2, 0.25) is 0 Å². The number of sulfonamides is 1. The minimum Gasteiger partial charge on any atom is -0.330 e. The summed E-state index contributed by atoms with van der Waals surface area (Å²) in [6, 6.07) is 0. The van der Waals surface area contributed by atoms with Gasteiger partial charge in [-0.2, -0.15) is 0 Å². The summed E-state index contributed by atoms with van der Waals surface area (Å²) in [5.41, 5.74) is 5.14. The maximum Gasteiger partial charge on any atom is 0.212 e. The van der Waals surface area contributed by atoms with Crippen molar-refractivity contribution < 1.29 is 8.42 Å². The standard InChI is InChI=1S/C11H24N2O2S/c1-11(7-3-2-4-8-11)13-16(14,15)10-6-5-9-12/h13H,2-10,12H2,1H3. The molecule has 1 saturated carbocycles. The Morgan fingerprint density at radius 1 is 1.19 bits per heavy atom. The minimum atomic E-state index is -3.12. The first-order chi connectivity index (χ1) is 7.47. The first-order valence-electron chi connectivity index (χ1n) is 6.19. The van der Waals surface area contributed by atoms with Crippen LogP contribution >= 0.6 is 0 Å². The molecule has 0 unspecified atom stereocenters. The fourth-order valence-electron chi connectivity index (χ4n) is 2.30. The smallest absolute Gasteiger partial charge is 0.212 e. The predicted octanol–water partition coefficient (Wildman–Crippen LogP) is 1.37. The van der Waals surface area contributed by atoms with Crippen LogP contribution in [0.4, 0.5) is 0 Å². The zero-order valence-electron chi connectivity index (χ0n) is 10.2. The number of nitrogens with two attached hydrogens (primary N) is 1. The number of rotatable bonds is 6. The summed E-state index contributed by atoms with van der Waals surface area (Å²) in [5.74, 6) is 0.208. The molecule has 0 heterocycles. The quantitative estimate of drug-likeness (QED) is 0.697. The Kier molecular flexibility index (Phi) is 5.21. The van der Waals surface area contributed by atoms with Crippen LogP contribution in [-0.4, -0.2) is 26.3 Å². The summed E-state index contributed by atoms with van der Waals surface area (Å²) in [5, 5.41) is 0. The molecule has 0 saturated heterocycles. The summed E-state index contributed by atoms with van der Waals surface area (Å²) in [6.45, 7) is 2.58. The average Bonchev–Trinajstić information content (AvgIpc) is 2.17. The van der Waals surface area contributed by atoms with Crippen molar-refractivity contribution in [2.75, 3.05) is 12.3 Å². The fraction of sp³-hybridized carbons (Fsp3) is 1.00. The molecule has 1 rings (SSSR count). The molecular weight excluding hydrogens is 224 g/mol. The Morgan fingerprint density at radius 3 is 2.38 bits per heavy atom. The Labute approximate surface area is 99.0 Å². The van der Waals surface area contributed by atoms with Crippen molar-refractivity contribution in [3.63, 3.8) is 0 Å².